The largest absolute Gasteiger partial charge is 0.354 e. The predicted molar refractivity (Wildman–Crippen MR) is 62.7 cm³/mol. The molecule has 0 amide bonds. The Morgan fingerprint density at radius 2 is 2.27 bits per heavy atom. The molecule has 1 aromatic rings. The van der Waals surface area contributed by atoms with Gasteiger partial charge in [0.1, 0.15) is 5.82 Å². The van der Waals surface area contributed by atoms with Crippen molar-refractivity contribution in [3.63, 3.8) is 0 Å². The molecule has 0 radical (unpaired) electrons. The number of hydrogen-bond donors (Lipinski definition) is 1. The van der Waals surface area contributed by atoms with Crippen LogP contribution in [-0.4, -0.2) is 17.6 Å². The van der Waals surface area contributed by atoms with E-state index in [0.29, 0.717) is 12.6 Å². The highest BCUT2D eigenvalue weighted by Gasteiger charge is 2.26. The van der Waals surface area contributed by atoms with Crippen molar-refractivity contribution in [2.75, 3.05) is 11.4 Å². The van der Waals surface area contributed by atoms with Crippen molar-refractivity contribution in [3.05, 3.63) is 23.9 Å². The van der Waals surface area contributed by atoms with Crippen LogP contribution >= 0.6 is 0 Å². The average Bonchev–Trinajstić information content (AvgIpc) is 2.58. The third-order valence-electron chi connectivity index (χ3n) is 3.08. The minimum atomic E-state index is 0.519. The third-order valence-corrected chi connectivity index (χ3v) is 3.08. The van der Waals surface area contributed by atoms with Crippen molar-refractivity contribution in [3.8, 4) is 0 Å². The molecule has 3 nitrogen and oxygen atoms in total. The number of nitrogens with zero attached hydrogens (tertiary/aromatic N) is 2. The lowest BCUT2D eigenvalue weighted by molar-refractivity contribution is 0.625. The van der Waals surface area contributed by atoms with Gasteiger partial charge in [-0.05, 0) is 31.4 Å². The molecule has 1 fully saturated rings. The number of pyridine rings is 1. The van der Waals surface area contributed by atoms with Crippen LogP contribution in [0.4, 0.5) is 5.82 Å². The highest BCUT2D eigenvalue weighted by molar-refractivity contribution is 5.41. The van der Waals surface area contributed by atoms with Crippen molar-refractivity contribution < 1.29 is 0 Å². The predicted octanol–water partition coefficient (Wildman–Crippen LogP) is 1.77. The molecule has 2 unspecified atom stereocenters. The first-order chi connectivity index (χ1) is 7.20. The van der Waals surface area contributed by atoms with Gasteiger partial charge in [-0.1, -0.05) is 13.0 Å². The Balaban J connectivity index is 2.21. The van der Waals surface area contributed by atoms with Crippen LogP contribution < -0.4 is 10.6 Å². The highest BCUT2D eigenvalue weighted by atomic mass is 15.2. The van der Waals surface area contributed by atoms with Gasteiger partial charge in [0.2, 0.25) is 0 Å². The summed E-state index contributed by atoms with van der Waals surface area (Å²) >= 11 is 0. The van der Waals surface area contributed by atoms with E-state index in [1.807, 2.05) is 12.1 Å². The first-order valence-corrected chi connectivity index (χ1v) is 5.63. The molecular formula is C12H19N3. The number of hydrogen-bond acceptors (Lipinski definition) is 3. The lowest BCUT2D eigenvalue weighted by Gasteiger charge is -2.22. The standard InChI is InChI=1S/C12H19N3/c1-9-6-10(2)15(8-9)12-5-3-4-11(7-13)14-12/h3-5,9-10H,6-8,13H2,1-2H3. The molecule has 0 aromatic carbocycles. The Morgan fingerprint density at radius 3 is 2.87 bits per heavy atom. The fraction of sp³-hybridized carbons (Fsp3) is 0.583. The summed E-state index contributed by atoms with van der Waals surface area (Å²) in [6.07, 6.45) is 1.26. The van der Waals surface area contributed by atoms with Crippen molar-refractivity contribution in [2.45, 2.75) is 32.9 Å². The molecule has 2 atom stereocenters. The van der Waals surface area contributed by atoms with Crippen LogP contribution in [0.25, 0.3) is 0 Å². The summed E-state index contributed by atoms with van der Waals surface area (Å²) in [4.78, 5) is 6.94. The van der Waals surface area contributed by atoms with Gasteiger partial charge in [-0.3, -0.25) is 0 Å². The maximum Gasteiger partial charge on any atom is 0.129 e. The molecule has 82 valence electrons. The second-order valence-electron chi connectivity index (χ2n) is 4.53. The first kappa shape index (κ1) is 10.4. The summed E-state index contributed by atoms with van der Waals surface area (Å²) < 4.78 is 0. The van der Waals surface area contributed by atoms with Gasteiger partial charge in [-0.25, -0.2) is 4.98 Å². The summed E-state index contributed by atoms with van der Waals surface area (Å²) in [5.41, 5.74) is 6.57. The Kier molecular flexibility index (Phi) is 2.91. The Hall–Kier alpha value is -1.09. The van der Waals surface area contributed by atoms with Gasteiger partial charge < -0.3 is 10.6 Å². The summed E-state index contributed by atoms with van der Waals surface area (Å²) in [5.74, 6) is 1.85. The van der Waals surface area contributed by atoms with E-state index in [1.54, 1.807) is 0 Å². The number of aromatic nitrogens is 1. The van der Waals surface area contributed by atoms with Gasteiger partial charge in [-0.15, -0.1) is 0 Å². The Bertz CT molecular complexity index is 337. The van der Waals surface area contributed by atoms with E-state index in [1.165, 1.54) is 6.42 Å². The molecule has 1 saturated heterocycles. The molecule has 2 rings (SSSR count). The maximum absolute atomic E-state index is 5.60. The number of rotatable bonds is 2. The van der Waals surface area contributed by atoms with Crippen LogP contribution in [0.2, 0.25) is 0 Å². The molecule has 0 bridgehead atoms. The summed E-state index contributed by atoms with van der Waals surface area (Å²) in [7, 11) is 0. The van der Waals surface area contributed by atoms with Crippen LogP contribution in [0.5, 0.6) is 0 Å². The normalized spacial score (nSPS) is 25.9. The second kappa shape index (κ2) is 4.19. The number of anilines is 1. The molecule has 1 aliphatic heterocycles. The van der Waals surface area contributed by atoms with Crippen LogP contribution in [-0.2, 0) is 6.54 Å². The molecule has 0 saturated carbocycles. The number of nitrogens with two attached hydrogens (primary N) is 1. The van der Waals surface area contributed by atoms with Crippen molar-refractivity contribution in [1.29, 1.82) is 0 Å². The average molecular weight is 205 g/mol. The quantitative estimate of drug-likeness (QED) is 0.800. The lowest BCUT2D eigenvalue weighted by Crippen LogP contribution is -2.27. The van der Waals surface area contributed by atoms with Crippen LogP contribution in [0, 0.1) is 5.92 Å². The van der Waals surface area contributed by atoms with Gasteiger partial charge in [0.25, 0.3) is 0 Å². The van der Waals surface area contributed by atoms with E-state index in [0.717, 1.165) is 24.0 Å². The monoisotopic (exact) mass is 205 g/mol. The van der Waals surface area contributed by atoms with E-state index < -0.39 is 0 Å². The van der Waals surface area contributed by atoms with Crippen LogP contribution in [0.15, 0.2) is 18.2 Å². The van der Waals surface area contributed by atoms with Crippen molar-refractivity contribution in [2.24, 2.45) is 11.7 Å². The minimum absolute atomic E-state index is 0.519. The lowest BCUT2D eigenvalue weighted by atomic mass is 10.1. The van der Waals surface area contributed by atoms with Crippen LogP contribution in [0.3, 0.4) is 0 Å². The van der Waals surface area contributed by atoms with Gasteiger partial charge in [0.15, 0.2) is 0 Å². The van der Waals surface area contributed by atoms with Crippen molar-refractivity contribution >= 4 is 5.82 Å². The van der Waals surface area contributed by atoms with E-state index in [2.05, 4.69) is 29.8 Å². The summed E-state index contributed by atoms with van der Waals surface area (Å²) in [6, 6.07) is 6.70. The Morgan fingerprint density at radius 1 is 1.47 bits per heavy atom. The SMILES string of the molecule is CC1CC(C)N(c2cccc(CN)n2)C1. The third kappa shape index (κ3) is 2.12. The zero-order valence-corrected chi connectivity index (χ0v) is 9.48. The molecule has 2 N–H and O–H groups in total. The summed E-state index contributed by atoms with van der Waals surface area (Å²) in [5, 5.41) is 0. The van der Waals surface area contributed by atoms with Crippen LogP contribution in [0.1, 0.15) is 26.0 Å². The molecule has 2 heterocycles. The summed E-state index contributed by atoms with van der Waals surface area (Å²) in [6.45, 7) is 6.19. The zero-order chi connectivity index (χ0) is 10.8. The van der Waals surface area contributed by atoms with Gasteiger partial charge in [0, 0.05) is 19.1 Å². The molecule has 0 spiro atoms. The second-order valence-corrected chi connectivity index (χ2v) is 4.53. The van der Waals surface area contributed by atoms with E-state index in [4.69, 9.17) is 5.73 Å². The fourth-order valence-electron chi connectivity index (χ4n) is 2.36. The zero-order valence-electron chi connectivity index (χ0n) is 9.48. The van der Waals surface area contributed by atoms with E-state index in [9.17, 15) is 0 Å². The Labute approximate surface area is 91.3 Å². The molecular weight excluding hydrogens is 186 g/mol. The van der Waals surface area contributed by atoms with Gasteiger partial charge >= 0.3 is 0 Å². The molecule has 1 aromatic heterocycles. The fourth-order valence-corrected chi connectivity index (χ4v) is 2.36. The smallest absolute Gasteiger partial charge is 0.129 e. The first-order valence-electron chi connectivity index (χ1n) is 5.63. The minimum Gasteiger partial charge on any atom is -0.354 e. The van der Waals surface area contributed by atoms with E-state index in [-0.39, 0.29) is 0 Å². The highest BCUT2D eigenvalue weighted by Crippen LogP contribution is 2.27. The maximum atomic E-state index is 5.60. The molecule has 1 aliphatic rings. The van der Waals surface area contributed by atoms with Gasteiger partial charge in [0.05, 0.1) is 5.69 Å². The van der Waals surface area contributed by atoms with Gasteiger partial charge in [-0.2, -0.15) is 0 Å². The van der Waals surface area contributed by atoms with E-state index >= 15 is 0 Å². The molecule has 15 heavy (non-hydrogen) atoms. The topological polar surface area (TPSA) is 42.1 Å². The molecule has 0 aliphatic carbocycles. The van der Waals surface area contributed by atoms with Crippen molar-refractivity contribution in [1.82, 2.24) is 4.98 Å². The molecule has 3 heteroatoms.